The Morgan fingerprint density at radius 1 is 1.22 bits per heavy atom. The average Bonchev–Trinajstić information content (AvgIpc) is 2.28. The van der Waals surface area contributed by atoms with E-state index >= 15 is 0 Å². The van der Waals surface area contributed by atoms with Crippen LogP contribution in [0, 0.1) is 5.92 Å². The maximum absolute atomic E-state index is 12.2. The third-order valence-corrected chi connectivity index (χ3v) is 3.62. The fourth-order valence-corrected chi connectivity index (χ4v) is 2.38. The molecule has 2 amide bonds. The highest BCUT2D eigenvalue weighted by Crippen LogP contribution is 2.18. The van der Waals surface area contributed by atoms with Gasteiger partial charge in [0.1, 0.15) is 0 Å². The molecule has 0 spiro atoms. The molecule has 0 bridgehead atoms. The molecule has 0 unspecified atom stereocenters. The minimum absolute atomic E-state index is 0.301. The first-order chi connectivity index (χ1) is 8.27. The summed E-state index contributed by atoms with van der Waals surface area (Å²) in [4.78, 5) is 27.8. The van der Waals surface area contributed by atoms with Crippen molar-refractivity contribution in [3.8, 4) is 0 Å². The number of hydrogen-bond donors (Lipinski definition) is 0. The smallest absolute Gasteiger partial charge is 0.312 e. The number of likely N-dealkylation sites (N-methyl/N-ethyl adjacent to an activating group) is 1. The van der Waals surface area contributed by atoms with Crippen LogP contribution in [0.15, 0.2) is 0 Å². The van der Waals surface area contributed by atoms with Crippen molar-refractivity contribution in [3.63, 3.8) is 0 Å². The number of likely N-dealkylation sites (tertiary alicyclic amines) is 1. The van der Waals surface area contributed by atoms with Gasteiger partial charge in [-0.1, -0.05) is 6.92 Å². The highest BCUT2D eigenvalue weighted by molar-refractivity contribution is 6.35. The molecule has 1 rings (SSSR count). The number of carbonyl (C=O) groups excluding carboxylic acids is 2. The second-order valence-electron chi connectivity index (χ2n) is 6.19. The van der Waals surface area contributed by atoms with Crippen molar-refractivity contribution in [1.82, 2.24) is 9.80 Å². The van der Waals surface area contributed by atoms with Gasteiger partial charge in [0, 0.05) is 25.2 Å². The van der Waals surface area contributed by atoms with E-state index in [0.29, 0.717) is 25.6 Å². The Balaban J connectivity index is 2.68. The van der Waals surface area contributed by atoms with Crippen LogP contribution in [0.1, 0.15) is 47.5 Å². The molecular weight excluding hydrogens is 228 g/mol. The molecule has 0 aromatic heterocycles. The van der Waals surface area contributed by atoms with Crippen LogP contribution in [0.25, 0.3) is 0 Å². The van der Waals surface area contributed by atoms with Crippen LogP contribution in [0.5, 0.6) is 0 Å². The van der Waals surface area contributed by atoms with Gasteiger partial charge in [-0.25, -0.2) is 0 Å². The van der Waals surface area contributed by atoms with Gasteiger partial charge in [0.2, 0.25) is 0 Å². The zero-order chi connectivity index (χ0) is 13.9. The maximum Gasteiger partial charge on any atom is 0.312 e. The number of piperidine rings is 1. The molecule has 0 N–H and O–H groups in total. The summed E-state index contributed by atoms with van der Waals surface area (Å²) in [5.41, 5.74) is -0.301. The van der Waals surface area contributed by atoms with E-state index in [1.807, 2.05) is 27.7 Å². The van der Waals surface area contributed by atoms with E-state index in [1.54, 1.807) is 9.80 Å². The van der Waals surface area contributed by atoms with Gasteiger partial charge in [-0.2, -0.15) is 0 Å². The predicted molar refractivity (Wildman–Crippen MR) is 72.1 cm³/mol. The number of carbonyl (C=O) groups is 2. The molecule has 0 atom stereocenters. The normalized spacial score (nSPS) is 17.7. The second kappa shape index (κ2) is 5.72. The maximum atomic E-state index is 12.2. The van der Waals surface area contributed by atoms with Gasteiger partial charge in [0.05, 0.1) is 0 Å². The lowest BCUT2D eigenvalue weighted by Crippen LogP contribution is -2.53. The van der Waals surface area contributed by atoms with E-state index in [2.05, 4.69) is 6.92 Å². The SMILES string of the molecule is CCN(C(=O)C(=O)N1CCC(C)CC1)C(C)(C)C. The predicted octanol–water partition coefficient (Wildman–Crippen LogP) is 1.89. The van der Waals surface area contributed by atoms with Crippen molar-refractivity contribution in [1.29, 1.82) is 0 Å². The van der Waals surface area contributed by atoms with Crippen LogP contribution in [-0.2, 0) is 9.59 Å². The first-order valence-corrected chi connectivity index (χ1v) is 6.88. The molecule has 1 heterocycles. The number of amides is 2. The molecule has 0 radical (unpaired) electrons. The third kappa shape index (κ3) is 3.47. The summed E-state index contributed by atoms with van der Waals surface area (Å²) in [7, 11) is 0. The zero-order valence-electron chi connectivity index (χ0n) is 12.3. The van der Waals surface area contributed by atoms with Gasteiger partial charge in [0.25, 0.3) is 0 Å². The molecule has 0 aromatic carbocycles. The lowest BCUT2D eigenvalue weighted by molar-refractivity contribution is -0.155. The molecule has 0 saturated carbocycles. The van der Waals surface area contributed by atoms with E-state index in [4.69, 9.17) is 0 Å². The molecule has 0 aromatic rings. The Bertz CT molecular complexity index is 312. The zero-order valence-corrected chi connectivity index (χ0v) is 12.3. The van der Waals surface area contributed by atoms with Crippen LogP contribution in [-0.4, -0.2) is 46.8 Å². The molecule has 104 valence electrons. The van der Waals surface area contributed by atoms with Gasteiger partial charge >= 0.3 is 11.8 Å². The Hall–Kier alpha value is -1.06. The minimum Gasteiger partial charge on any atom is -0.334 e. The van der Waals surface area contributed by atoms with Crippen molar-refractivity contribution in [3.05, 3.63) is 0 Å². The summed E-state index contributed by atoms with van der Waals surface area (Å²) >= 11 is 0. The van der Waals surface area contributed by atoms with Gasteiger partial charge < -0.3 is 9.80 Å². The van der Waals surface area contributed by atoms with Gasteiger partial charge in [-0.15, -0.1) is 0 Å². The molecular formula is C14H26N2O2. The van der Waals surface area contributed by atoms with Crippen LogP contribution in [0.3, 0.4) is 0 Å². The molecule has 18 heavy (non-hydrogen) atoms. The molecule has 4 nitrogen and oxygen atoms in total. The van der Waals surface area contributed by atoms with Crippen molar-refractivity contribution >= 4 is 11.8 Å². The third-order valence-electron chi connectivity index (χ3n) is 3.62. The summed E-state index contributed by atoms with van der Waals surface area (Å²) in [6.07, 6.45) is 2.00. The topological polar surface area (TPSA) is 40.6 Å². The molecule has 1 saturated heterocycles. The van der Waals surface area contributed by atoms with Crippen LogP contribution < -0.4 is 0 Å². The standard InChI is InChI=1S/C14H26N2O2/c1-6-16(14(3,4)5)13(18)12(17)15-9-7-11(2)8-10-15/h11H,6-10H2,1-5H3. The molecule has 4 heteroatoms. The van der Waals surface area contributed by atoms with Gasteiger partial charge in [-0.3, -0.25) is 9.59 Å². The second-order valence-corrected chi connectivity index (χ2v) is 6.19. The fourth-order valence-electron chi connectivity index (χ4n) is 2.38. The molecule has 1 aliphatic rings. The molecule has 1 aliphatic heterocycles. The monoisotopic (exact) mass is 254 g/mol. The summed E-state index contributed by atoms with van der Waals surface area (Å²) < 4.78 is 0. The minimum atomic E-state index is -0.362. The Kier molecular flexibility index (Phi) is 4.77. The first-order valence-electron chi connectivity index (χ1n) is 6.88. The van der Waals surface area contributed by atoms with Gasteiger partial charge in [-0.05, 0) is 46.5 Å². The fraction of sp³-hybridized carbons (Fsp3) is 0.857. The summed E-state index contributed by atoms with van der Waals surface area (Å²) in [6, 6.07) is 0. The lowest BCUT2D eigenvalue weighted by Gasteiger charge is -2.37. The van der Waals surface area contributed by atoms with Gasteiger partial charge in [0.15, 0.2) is 0 Å². The first kappa shape index (κ1) is 15.0. The highest BCUT2D eigenvalue weighted by Gasteiger charge is 2.33. The summed E-state index contributed by atoms with van der Waals surface area (Å²) in [5, 5.41) is 0. The molecule has 1 fully saturated rings. The lowest BCUT2D eigenvalue weighted by atomic mass is 9.99. The van der Waals surface area contributed by atoms with E-state index in [9.17, 15) is 9.59 Å². The van der Waals surface area contributed by atoms with Crippen molar-refractivity contribution in [2.45, 2.75) is 53.0 Å². The average molecular weight is 254 g/mol. The Morgan fingerprint density at radius 2 is 1.72 bits per heavy atom. The highest BCUT2D eigenvalue weighted by atomic mass is 16.2. The number of nitrogens with zero attached hydrogens (tertiary/aromatic N) is 2. The summed E-state index contributed by atoms with van der Waals surface area (Å²) in [5.74, 6) is -0.0349. The summed E-state index contributed by atoms with van der Waals surface area (Å²) in [6.45, 7) is 12.0. The Morgan fingerprint density at radius 3 is 2.11 bits per heavy atom. The van der Waals surface area contributed by atoms with Crippen molar-refractivity contribution in [2.75, 3.05) is 19.6 Å². The van der Waals surface area contributed by atoms with Crippen LogP contribution >= 0.6 is 0 Å². The van der Waals surface area contributed by atoms with E-state index in [1.165, 1.54) is 0 Å². The van der Waals surface area contributed by atoms with E-state index in [-0.39, 0.29) is 17.4 Å². The molecule has 0 aliphatic carbocycles. The van der Waals surface area contributed by atoms with Crippen molar-refractivity contribution < 1.29 is 9.59 Å². The van der Waals surface area contributed by atoms with E-state index < -0.39 is 0 Å². The van der Waals surface area contributed by atoms with E-state index in [0.717, 1.165) is 12.8 Å². The van der Waals surface area contributed by atoms with Crippen LogP contribution in [0.4, 0.5) is 0 Å². The van der Waals surface area contributed by atoms with Crippen molar-refractivity contribution in [2.24, 2.45) is 5.92 Å². The number of hydrogen-bond acceptors (Lipinski definition) is 2. The van der Waals surface area contributed by atoms with Crippen LogP contribution in [0.2, 0.25) is 0 Å². The Labute approximate surface area is 110 Å². The largest absolute Gasteiger partial charge is 0.334 e. The number of rotatable bonds is 1. The quantitative estimate of drug-likeness (QED) is 0.670.